The number of benzene rings is 1. The highest BCUT2D eigenvalue weighted by Gasteiger charge is 2.30. The van der Waals surface area contributed by atoms with Gasteiger partial charge in [-0.3, -0.25) is 0 Å². The number of hydrogen-bond donors (Lipinski definition) is 0. The highest BCUT2D eigenvalue weighted by Crippen LogP contribution is 2.26. The van der Waals surface area contributed by atoms with Gasteiger partial charge in [-0.15, -0.1) is 0 Å². The Labute approximate surface area is 99.6 Å². The molecule has 0 saturated carbocycles. The smallest absolute Gasteiger partial charge is 0.389 e. The van der Waals surface area contributed by atoms with Gasteiger partial charge in [-0.1, -0.05) is 24.6 Å². The molecule has 0 aliphatic heterocycles. The zero-order chi connectivity index (χ0) is 13.1. The maximum absolute atomic E-state index is 12.1. The summed E-state index contributed by atoms with van der Waals surface area (Å²) >= 11 is 0. The molecule has 0 bridgehead atoms. The average molecular weight is 246 g/mol. The van der Waals surface area contributed by atoms with Gasteiger partial charge >= 0.3 is 6.18 Å². The van der Waals surface area contributed by atoms with Gasteiger partial charge in [0.25, 0.3) is 0 Å². The van der Waals surface area contributed by atoms with Crippen LogP contribution in [0, 0.1) is 19.8 Å². The fraction of sp³-hybridized carbons (Fsp3) is 0.538. The Morgan fingerprint density at radius 3 is 2.41 bits per heavy atom. The molecule has 1 rings (SSSR count). The summed E-state index contributed by atoms with van der Waals surface area (Å²) in [5.41, 5.74) is 2.06. The second-order valence-electron chi connectivity index (χ2n) is 4.50. The fourth-order valence-electron chi connectivity index (χ4n) is 1.65. The minimum atomic E-state index is -4.12. The number of halogens is 3. The summed E-state index contributed by atoms with van der Waals surface area (Å²) in [6.45, 7) is 5.47. The van der Waals surface area contributed by atoms with Crippen LogP contribution in [0.1, 0.15) is 24.5 Å². The van der Waals surface area contributed by atoms with E-state index in [1.165, 1.54) is 6.92 Å². The van der Waals surface area contributed by atoms with E-state index in [0.717, 1.165) is 11.1 Å². The summed E-state index contributed by atoms with van der Waals surface area (Å²) in [7, 11) is 0. The second-order valence-corrected chi connectivity index (χ2v) is 4.50. The molecule has 17 heavy (non-hydrogen) atoms. The summed E-state index contributed by atoms with van der Waals surface area (Å²) < 4.78 is 41.7. The fourth-order valence-corrected chi connectivity index (χ4v) is 1.65. The normalized spacial score (nSPS) is 13.5. The Morgan fingerprint density at radius 2 is 1.88 bits per heavy atom. The van der Waals surface area contributed by atoms with Gasteiger partial charge in [0.15, 0.2) is 0 Å². The number of aryl methyl sites for hydroxylation is 2. The highest BCUT2D eigenvalue weighted by atomic mass is 19.4. The number of ether oxygens (including phenoxy) is 1. The van der Waals surface area contributed by atoms with Crippen LogP contribution < -0.4 is 4.74 Å². The van der Waals surface area contributed by atoms with Gasteiger partial charge in [0, 0.05) is 6.42 Å². The Balaban J connectivity index is 2.50. The molecule has 1 nitrogen and oxygen atoms in total. The third-order valence-corrected chi connectivity index (χ3v) is 2.43. The average Bonchev–Trinajstić information content (AvgIpc) is 2.13. The first-order valence-electron chi connectivity index (χ1n) is 5.55. The molecule has 0 spiro atoms. The van der Waals surface area contributed by atoms with Crippen molar-refractivity contribution >= 4 is 0 Å². The maximum atomic E-state index is 12.1. The lowest BCUT2D eigenvalue weighted by Crippen LogP contribution is -2.18. The summed E-state index contributed by atoms with van der Waals surface area (Å²) in [6.07, 6.45) is -4.93. The summed E-state index contributed by atoms with van der Waals surface area (Å²) in [6, 6.07) is 5.63. The standard InChI is InChI=1S/C13H17F3O/c1-9-4-5-12(11(3)6-9)17-8-10(2)7-13(14,15)16/h4-6,10H,7-8H2,1-3H3. The van der Waals surface area contributed by atoms with E-state index in [2.05, 4.69) is 0 Å². The molecule has 0 N–H and O–H groups in total. The molecule has 0 aliphatic carbocycles. The van der Waals surface area contributed by atoms with Crippen LogP contribution in [0.3, 0.4) is 0 Å². The molecule has 0 amide bonds. The lowest BCUT2D eigenvalue weighted by atomic mass is 10.1. The summed E-state index contributed by atoms with van der Waals surface area (Å²) in [5, 5.41) is 0. The van der Waals surface area contributed by atoms with Crippen molar-refractivity contribution in [1.82, 2.24) is 0 Å². The minimum absolute atomic E-state index is 0.0867. The third-order valence-electron chi connectivity index (χ3n) is 2.43. The van der Waals surface area contributed by atoms with Crippen LogP contribution in [-0.2, 0) is 0 Å². The second kappa shape index (κ2) is 5.43. The van der Waals surface area contributed by atoms with E-state index in [9.17, 15) is 13.2 Å². The van der Waals surface area contributed by atoms with Gasteiger partial charge < -0.3 is 4.74 Å². The molecule has 1 unspecified atom stereocenters. The molecule has 0 radical (unpaired) electrons. The van der Waals surface area contributed by atoms with Crippen LogP contribution in [0.4, 0.5) is 13.2 Å². The third kappa shape index (κ3) is 5.11. The Kier molecular flexibility index (Phi) is 4.43. The first kappa shape index (κ1) is 13.9. The van der Waals surface area contributed by atoms with E-state index in [-0.39, 0.29) is 6.61 Å². The molecule has 96 valence electrons. The SMILES string of the molecule is Cc1ccc(OCC(C)CC(F)(F)F)c(C)c1. The van der Waals surface area contributed by atoms with Crippen LogP contribution in [-0.4, -0.2) is 12.8 Å². The van der Waals surface area contributed by atoms with Crippen molar-refractivity contribution in [2.24, 2.45) is 5.92 Å². The van der Waals surface area contributed by atoms with Gasteiger partial charge in [0.05, 0.1) is 6.61 Å². The van der Waals surface area contributed by atoms with E-state index in [1.54, 1.807) is 6.07 Å². The molecule has 1 aromatic carbocycles. The van der Waals surface area contributed by atoms with E-state index in [4.69, 9.17) is 4.74 Å². The molecule has 1 aromatic rings. The molecular formula is C13H17F3O. The van der Waals surface area contributed by atoms with E-state index in [0.29, 0.717) is 5.75 Å². The Hall–Kier alpha value is -1.19. The quantitative estimate of drug-likeness (QED) is 0.770. The van der Waals surface area contributed by atoms with Crippen molar-refractivity contribution in [3.8, 4) is 5.75 Å². The van der Waals surface area contributed by atoms with Gasteiger partial charge in [-0.2, -0.15) is 13.2 Å². The van der Waals surface area contributed by atoms with Gasteiger partial charge in [0.2, 0.25) is 0 Å². The molecule has 0 heterocycles. The van der Waals surface area contributed by atoms with Crippen molar-refractivity contribution in [2.45, 2.75) is 33.4 Å². The van der Waals surface area contributed by atoms with Crippen molar-refractivity contribution in [3.05, 3.63) is 29.3 Å². The van der Waals surface area contributed by atoms with Crippen LogP contribution in [0.2, 0.25) is 0 Å². The van der Waals surface area contributed by atoms with Crippen molar-refractivity contribution < 1.29 is 17.9 Å². The first-order chi connectivity index (χ1) is 7.78. The van der Waals surface area contributed by atoms with Crippen molar-refractivity contribution in [2.75, 3.05) is 6.61 Å². The Morgan fingerprint density at radius 1 is 1.24 bits per heavy atom. The van der Waals surface area contributed by atoms with Crippen molar-refractivity contribution in [1.29, 1.82) is 0 Å². The Bertz CT molecular complexity index is 371. The van der Waals surface area contributed by atoms with Gasteiger partial charge in [-0.05, 0) is 31.4 Å². The lowest BCUT2D eigenvalue weighted by Gasteiger charge is -2.16. The minimum Gasteiger partial charge on any atom is -0.493 e. The zero-order valence-electron chi connectivity index (χ0n) is 10.3. The van der Waals surface area contributed by atoms with E-state index < -0.39 is 18.5 Å². The zero-order valence-corrected chi connectivity index (χ0v) is 10.3. The molecule has 4 heteroatoms. The number of alkyl halides is 3. The monoisotopic (exact) mass is 246 g/mol. The number of hydrogen-bond acceptors (Lipinski definition) is 1. The predicted molar refractivity (Wildman–Crippen MR) is 61.2 cm³/mol. The van der Waals surface area contributed by atoms with Crippen LogP contribution in [0.25, 0.3) is 0 Å². The topological polar surface area (TPSA) is 9.23 Å². The van der Waals surface area contributed by atoms with E-state index >= 15 is 0 Å². The number of rotatable bonds is 4. The van der Waals surface area contributed by atoms with Crippen LogP contribution >= 0.6 is 0 Å². The molecule has 1 atom stereocenters. The van der Waals surface area contributed by atoms with Crippen LogP contribution in [0.5, 0.6) is 5.75 Å². The predicted octanol–water partition coefficient (Wildman–Crippen LogP) is 4.27. The molecule has 0 saturated heterocycles. The van der Waals surface area contributed by atoms with Crippen LogP contribution in [0.15, 0.2) is 18.2 Å². The summed E-state index contributed by atoms with van der Waals surface area (Å²) in [4.78, 5) is 0. The van der Waals surface area contributed by atoms with Gasteiger partial charge in [0.1, 0.15) is 5.75 Å². The highest BCUT2D eigenvalue weighted by molar-refractivity contribution is 5.35. The molecule has 0 fully saturated rings. The first-order valence-corrected chi connectivity index (χ1v) is 5.55. The summed E-state index contributed by atoms with van der Waals surface area (Å²) in [5.74, 6) is 0.125. The van der Waals surface area contributed by atoms with Crippen molar-refractivity contribution in [3.63, 3.8) is 0 Å². The molecule has 0 aromatic heterocycles. The lowest BCUT2D eigenvalue weighted by molar-refractivity contribution is -0.145. The molecule has 0 aliphatic rings. The molecular weight excluding hydrogens is 229 g/mol. The maximum Gasteiger partial charge on any atom is 0.389 e. The van der Waals surface area contributed by atoms with Gasteiger partial charge in [-0.25, -0.2) is 0 Å². The van der Waals surface area contributed by atoms with E-state index in [1.807, 2.05) is 26.0 Å². The largest absolute Gasteiger partial charge is 0.493 e.